The summed E-state index contributed by atoms with van der Waals surface area (Å²) in [5.74, 6) is 0.950. The van der Waals surface area contributed by atoms with Gasteiger partial charge in [-0.3, -0.25) is 9.59 Å². The van der Waals surface area contributed by atoms with Crippen molar-refractivity contribution in [2.45, 2.75) is 25.7 Å². The Morgan fingerprint density at radius 1 is 1.07 bits per heavy atom. The maximum absolute atomic E-state index is 12.3. The molecule has 0 bridgehead atoms. The molecule has 1 aliphatic carbocycles. The van der Waals surface area contributed by atoms with Crippen molar-refractivity contribution in [2.75, 3.05) is 19.0 Å². The van der Waals surface area contributed by atoms with Crippen LogP contribution in [0.2, 0.25) is 0 Å². The molecule has 1 aromatic heterocycles. The van der Waals surface area contributed by atoms with Gasteiger partial charge in [0.2, 0.25) is 0 Å². The number of amides is 1. The summed E-state index contributed by atoms with van der Waals surface area (Å²) >= 11 is 0. The van der Waals surface area contributed by atoms with Crippen molar-refractivity contribution < 1.29 is 14.3 Å². The molecule has 28 heavy (non-hydrogen) atoms. The fourth-order valence-electron chi connectivity index (χ4n) is 3.68. The first-order chi connectivity index (χ1) is 13.6. The normalized spacial score (nSPS) is 13.0. The van der Waals surface area contributed by atoms with E-state index in [9.17, 15) is 9.59 Å². The van der Waals surface area contributed by atoms with Gasteiger partial charge in [0.05, 0.1) is 12.6 Å². The van der Waals surface area contributed by atoms with Crippen LogP contribution < -0.4 is 20.3 Å². The fraction of sp³-hybridized carbons (Fsp3) is 0.273. The van der Waals surface area contributed by atoms with Crippen molar-refractivity contribution in [3.05, 3.63) is 63.9 Å². The van der Waals surface area contributed by atoms with Crippen molar-refractivity contribution in [2.24, 2.45) is 0 Å². The summed E-state index contributed by atoms with van der Waals surface area (Å²) in [7, 11) is 1.58. The highest BCUT2D eigenvalue weighted by Crippen LogP contribution is 2.27. The van der Waals surface area contributed by atoms with Crippen LogP contribution in [0.4, 0.5) is 5.69 Å². The molecule has 0 fully saturated rings. The van der Waals surface area contributed by atoms with Crippen LogP contribution >= 0.6 is 0 Å². The third-order valence-corrected chi connectivity index (χ3v) is 5.03. The van der Waals surface area contributed by atoms with Crippen LogP contribution in [-0.4, -0.2) is 24.6 Å². The molecule has 3 aromatic rings. The molecule has 0 saturated carbocycles. The molecule has 0 spiro atoms. The van der Waals surface area contributed by atoms with Gasteiger partial charge in [-0.1, -0.05) is 12.1 Å². The van der Waals surface area contributed by atoms with Crippen molar-refractivity contribution in [1.82, 2.24) is 4.98 Å². The zero-order valence-corrected chi connectivity index (χ0v) is 15.7. The summed E-state index contributed by atoms with van der Waals surface area (Å²) in [6, 6.07) is 12.7. The summed E-state index contributed by atoms with van der Waals surface area (Å²) in [5, 5.41) is 3.87. The number of aryl methyl sites for hydroxylation is 1. The number of ether oxygens (including phenoxy) is 2. The lowest BCUT2D eigenvalue weighted by molar-refractivity contribution is -0.118. The van der Waals surface area contributed by atoms with E-state index in [1.165, 1.54) is 0 Å². The predicted octanol–water partition coefficient (Wildman–Crippen LogP) is 3.43. The van der Waals surface area contributed by atoms with Crippen molar-refractivity contribution >= 4 is 22.5 Å². The largest absolute Gasteiger partial charge is 0.497 e. The molecule has 6 nitrogen and oxygen atoms in total. The van der Waals surface area contributed by atoms with Crippen LogP contribution in [0.5, 0.6) is 11.5 Å². The van der Waals surface area contributed by atoms with Crippen LogP contribution in [0.25, 0.3) is 10.9 Å². The number of carbonyl (C=O) groups excluding carboxylic acids is 1. The lowest BCUT2D eigenvalue weighted by Gasteiger charge is -2.17. The molecule has 2 aromatic carbocycles. The molecule has 1 amide bonds. The number of H-pyrrole nitrogens is 1. The Balaban J connectivity index is 1.48. The number of pyridine rings is 1. The van der Waals surface area contributed by atoms with E-state index in [1.807, 2.05) is 18.2 Å². The molecular weight excluding hydrogens is 356 g/mol. The predicted molar refractivity (Wildman–Crippen MR) is 108 cm³/mol. The zero-order valence-electron chi connectivity index (χ0n) is 15.7. The first kappa shape index (κ1) is 18.1. The molecule has 0 saturated heterocycles. The zero-order chi connectivity index (χ0) is 19.5. The molecule has 144 valence electrons. The molecule has 0 atom stereocenters. The summed E-state index contributed by atoms with van der Waals surface area (Å²) in [4.78, 5) is 27.5. The monoisotopic (exact) mass is 378 g/mol. The topological polar surface area (TPSA) is 80.4 Å². The van der Waals surface area contributed by atoms with Gasteiger partial charge in [0, 0.05) is 22.7 Å². The summed E-state index contributed by atoms with van der Waals surface area (Å²) < 4.78 is 10.7. The molecule has 1 heterocycles. The quantitative estimate of drug-likeness (QED) is 0.713. The third-order valence-electron chi connectivity index (χ3n) is 5.03. The van der Waals surface area contributed by atoms with E-state index in [-0.39, 0.29) is 18.1 Å². The number of nitrogens with one attached hydrogen (secondary N) is 2. The third kappa shape index (κ3) is 3.71. The van der Waals surface area contributed by atoms with Gasteiger partial charge in [0.15, 0.2) is 6.61 Å². The Hall–Kier alpha value is -3.28. The number of anilines is 1. The van der Waals surface area contributed by atoms with Gasteiger partial charge in [0.25, 0.3) is 11.5 Å². The molecular formula is C22H22N2O4. The van der Waals surface area contributed by atoms with Crippen LogP contribution in [0.3, 0.4) is 0 Å². The maximum Gasteiger partial charge on any atom is 0.262 e. The van der Waals surface area contributed by atoms with E-state index in [1.54, 1.807) is 31.4 Å². The maximum atomic E-state index is 12.3. The highest BCUT2D eigenvalue weighted by molar-refractivity contribution is 5.95. The Labute approximate surface area is 162 Å². The minimum absolute atomic E-state index is 0.0213. The Kier molecular flexibility index (Phi) is 5.02. The van der Waals surface area contributed by atoms with Gasteiger partial charge in [-0.05, 0) is 55.5 Å². The molecule has 1 aliphatic rings. The van der Waals surface area contributed by atoms with Gasteiger partial charge in [-0.15, -0.1) is 0 Å². The van der Waals surface area contributed by atoms with Gasteiger partial charge in [-0.2, -0.15) is 0 Å². The molecule has 2 N–H and O–H groups in total. The van der Waals surface area contributed by atoms with Crippen molar-refractivity contribution in [1.29, 1.82) is 0 Å². The Morgan fingerprint density at radius 3 is 2.68 bits per heavy atom. The number of methoxy groups -OCH3 is 1. The minimum atomic E-state index is -0.275. The van der Waals surface area contributed by atoms with Crippen molar-refractivity contribution in [3.8, 4) is 11.5 Å². The van der Waals surface area contributed by atoms with Crippen LogP contribution in [0, 0.1) is 0 Å². The summed E-state index contributed by atoms with van der Waals surface area (Å²) in [6.07, 6.45) is 3.92. The molecule has 6 heteroatoms. The second kappa shape index (κ2) is 7.76. The molecule has 0 radical (unpaired) electrons. The summed E-state index contributed by atoms with van der Waals surface area (Å²) in [5.41, 5.74) is 3.40. The lowest BCUT2D eigenvalue weighted by Crippen LogP contribution is -2.21. The number of fused-ring (bicyclic) bond motifs is 3. The van der Waals surface area contributed by atoms with E-state index >= 15 is 0 Å². The number of aromatic nitrogens is 1. The molecule has 0 aliphatic heterocycles. The Morgan fingerprint density at radius 2 is 1.86 bits per heavy atom. The van der Waals surface area contributed by atoms with Gasteiger partial charge in [-0.25, -0.2) is 0 Å². The number of carbonyl (C=O) groups is 1. The molecule has 4 rings (SSSR count). The highest BCUT2D eigenvalue weighted by Gasteiger charge is 2.16. The SMILES string of the molecule is COc1cccc(OCC(=O)Nc2ccc3c4c(c(=O)[nH]c3c2)CCCC4)c1. The van der Waals surface area contributed by atoms with E-state index in [2.05, 4.69) is 10.3 Å². The fourth-order valence-corrected chi connectivity index (χ4v) is 3.68. The highest BCUT2D eigenvalue weighted by atomic mass is 16.5. The summed E-state index contributed by atoms with van der Waals surface area (Å²) in [6.45, 7) is -0.119. The van der Waals surface area contributed by atoms with Crippen LogP contribution in [-0.2, 0) is 17.6 Å². The first-order valence-electron chi connectivity index (χ1n) is 9.38. The smallest absolute Gasteiger partial charge is 0.262 e. The van der Waals surface area contributed by atoms with E-state index < -0.39 is 0 Å². The number of hydrogen-bond donors (Lipinski definition) is 2. The van der Waals surface area contributed by atoms with Crippen LogP contribution in [0.1, 0.15) is 24.0 Å². The van der Waals surface area contributed by atoms with Gasteiger partial charge >= 0.3 is 0 Å². The number of rotatable bonds is 5. The lowest BCUT2D eigenvalue weighted by atomic mass is 9.90. The second-order valence-corrected chi connectivity index (χ2v) is 6.89. The van der Waals surface area contributed by atoms with Gasteiger partial charge in [0.1, 0.15) is 11.5 Å². The first-order valence-corrected chi connectivity index (χ1v) is 9.38. The van der Waals surface area contributed by atoms with E-state index in [0.29, 0.717) is 17.2 Å². The number of benzene rings is 2. The molecule has 0 unspecified atom stereocenters. The van der Waals surface area contributed by atoms with Crippen LogP contribution in [0.15, 0.2) is 47.3 Å². The van der Waals surface area contributed by atoms with Gasteiger partial charge < -0.3 is 19.8 Å². The van der Waals surface area contributed by atoms with Crippen molar-refractivity contribution in [3.63, 3.8) is 0 Å². The van der Waals surface area contributed by atoms with E-state index in [4.69, 9.17) is 9.47 Å². The Bertz CT molecular complexity index is 1090. The average molecular weight is 378 g/mol. The number of hydrogen-bond acceptors (Lipinski definition) is 4. The second-order valence-electron chi connectivity index (χ2n) is 6.89. The van der Waals surface area contributed by atoms with E-state index in [0.717, 1.165) is 47.7 Å². The number of aromatic amines is 1. The average Bonchev–Trinajstić information content (AvgIpc) is 2.72. The standard InChI is InChI=1S/C22H22N2O4/c1-27-15-5-4-6-16(12-15)28-13-21(25)23-14-9-10-18-17-7-2-3-8-19(17)22(26)24-20(18)11-14/h4-6,9-12H,2-3,7-8,13H2,1H3,(H,23,25)(H,24,26). The minimum Gasteiger partial charge on any atom is -0.497 e.